The molecule has 342 valence electrons. The number of nitrogens with zero attached hydrogens (tertiary/aromatic N) is 9. The Kier molecular flexibility index (Phi) is 16.3. The molecule has 0 radical (unpaired) electrons. The fraction of sp³-hybridized carbons (Fsp3) is 0.370. The summed E-state index contributed by atoms with van der Waals surface area (Å²) in [4.78, 5) is 44.6. The quantitative estimate of drug-likeness (QED) is 0.138. The average molecular weight is 891 g/mol. The summed E-state index contributed by atoms with van der Waals surface area (Å²) in [5.41, 5.74) is 3.86. The zero-order valence-corrected chi connectivity index (χ0v) is 34.8. The summed E-state index contributed by atoms with van der Waals surface area (Å²) in [7, 11) is 0. The zero-order valence-electron chi connectivity index (χ0n) is 34.8. The van der Waals surface area contributed by atoms with Gasteiger partial charge in [0.25, 0.3) is 11.8 Å². The van der Waals surface area contributed by atoms with Gasteiger partial charge in [-0.2, -0.15) is 0 Å². The second-order valence-corrected chi connectivity index (χ2v) is 14.5. The number of pyridine rings is 2. The van der Waals surface area contributed by atoms with Crippen LogP contribution in [0.5, 0.6) is 23.3 Å². The Labute approximate surface area is 377 Å². The molecule has 0 saturated heterocycles. The maximum Gasteiger partial charge on any atom is 0.376 e. The summed E-state index contributed by atoms with van der Waals surface area (Å²) >= 11 is 0. The highest BCUT2D eigenvalue weighted by Gasteiger charge is 2.27. The lowest BCUT2D eigenvalue weighted by Crippen LogP contribution is -2.34. The number of fused-ring (bicyclic) bond motifs is 4. The molecule has 0 fully saturated rings. The number of hydrogen-bond acceptors (Lipinski definition) is 17. The fourth-order valence-corrected chi connectivity index (χ4v) is 7.16. The third kappa shape index (κ3) is 11.3. The fourth-order valence-electron chi connectivity index (χ4n) is 7.16. The van der Waals surface area contributed by atoms with E-state index in [1.807, 2.05) is 34.9 Å². The maximum absolute atomic E-state index is 12.0. The molecule has 6 aromatic rings. The summed E-state index contributed by atoms with van der Waals surface area (Å²) in [6.45, 7) is 10.2. The predicted molar refractivity (Wildman–Crippen MR) is 236 cm³/mol. The Balaban J connectivity index is 0.000000175. The molecule has 4 aliphatic heterocycles. The third-order valence-corrected chi connectivity index (χ3v) is 10.3. The van der Waals surface area contributed by atoms with Crippen molar-refractivity contribution in [2.45, 2.75) is 73.6 Å². The number of carbonyl (C=O) groups excluding carboxylic acids is 3. The molecule has 0 spiro atoms. The molecule has 19 heteroatoms. The highest BCUT2D eigenvalue weighted by atomic mass is 16.6. The summed E-state index contributed by atoms with van der Waals surface area (Å²) in [5.74, 6) is 3.73. The lowest BCUT2D eigenvalue weighted by atomic mass is 10.1. The van der Waals surface area contributed by atoms with E-state index in [1.165, 1.54) is 5.56 Å². The molecule has 2 atom stereocenters. The Bertz CT molecular complexity index is 2510. The normalized spacial score (nSPS) is 16.5. The maximum atomic E-state index is 12.0. The molecule has 0 bridgehead atoms. The van der Waals surface area contributed by atoms with E-state index in [4.69, 9.17) is 28.4 Å². The van der Waals surface area contributed by atoms with E-state index in [9.17, 15) is 14.4 Å². The minimum Gasteiger partial charge on any atom is -0.484 e. The summed E-state index contributed by atoms with van der Waals surface area (Å²) in [6.07, 6.45) is 3.82. The van der Waals surface area contributed by atoms with Crippen LogP contribution in [0.15, 0.2) is 85.2 Å². The lowest BCUT2D eigenvalue weighted by molar-refractivity contribution is 0.0494. The first kappa shape index (κ1) is 47.2. The van der Waals surface area contributed by atoms with Crippen LogP contribution in [0.1, 0.15) is 101 Å². The van der Waals surface area contributed by atoms with Gasteiger partial charge < -0.3 is 42.9 Å². The predicted octanol–water partition coefficient (Wildman–Crippen LogP) is 5.61. The second kappa shape index (κ2) is 22.4. The average Bonchev–Trinajstić information content (AvgIpc) is 3.97. The van der Waals surface area contributed by atoms with Crippen molar-refractivity contribution in [3.63, 3.8) is 0 Å². The number of esters is 2. The number of aromatic nitrogens is 8. The van der Waals surface area contributed by atoms with Gasteiger partial charge in [-0.1, -0.05) is 63.4 Å². The van der Waals surface area contributed by atoms with Gasteiger partial charge in [0.15, 0.2) is 23.7 Å². The second-order valence-electron chi connectivity index (χ2n) is 14.5. The van der Waals surface area contributed by atoms with Crippen LogP contribution in [0, 0.1) is 0 Å². The highest BCUT2D eigenvalue weighted by molar-refractivity contribution is 5.85. The topological polar surface area (TPSA) is 209 Å². The van der Waals surface area contributed by atoms with Gasteiger partial charge in [-0.3, -0.25) is 9.69 Å². The van der Waals surface area contributed by atoms with E-state index < -0.39 is 11.9 Å². The van der Waals surface area contributed by atoms with E-state index in [1.54, 1.807) is 49.0 Å². The Morgan fingerprint density at radius 3 is 1.80 bits per heavy atom. The van der Waals surface area contributed by atoms with Gasteiger partial charge in [0.05, 0.1) is 26.3 Å². The molecule has 0 unspecified atom stereocenters. The van der Waals surface area contributed by atoms with Gasteiger partial charge in [-0.05, 0) is 54.8 Å². The van der Waals surface area contributed by atoms with Gasteiger partial charge in [0, 0.05) is 50.7 Å². The minimum atomic E-state index is -0.419. The molecular formula is C46H54N10O9. The number of ether oxygens (including phenoxy) is 6. The Morgan fingerprint density at radius 1 is 0.708 bits per heavy atom. The smallest absolute Gasteiger partial charge is 0.376 e. The zero-order chi connectivity index (χ0) is 43.5. The molecule has 65 heavy (non-hydrogen) atoms. The van der Waals surface area contributed by atoms with E-state index in [0.29, 0.717) is 80.7 Å². The summed E-state index contributed by atoms with van der Waals surface area (Å²) in [6, 6.07) is 22.9. The van der Waals surface area contributed by atoms with Gasteiger partial charge in [-0.25, -0.2) is 19.6 Å². The first-order valence-corrected chi connectivity index (χ1v) is 20.6. The van der Waals surface area contributed by atoms with Crippen molar-refractivity contribution in [1.29, 1.82) is 0 Å². The first-order chi connectivity index (χ1) is 30.9. The number of carbonyl (C=O) groups is 3. The largest absolute Gasteiger partial charge is 0.484 e. The molecule has 4 aliphatic rings. The van der Waals surface area contributed by atoms with Crippen molar-refractivity contribution in [2.75, 3.05) is 39.5 Å². The van der Waals surface area contributed by atoms with E-state index >= 15 is 0 Å². The SMILES string of the molecule is C.C.CCOC(=O)c1nnc2n1CCN(Cc1ccc([C@H]3COc4cccnc4O3)cc1)C2.CCOC(=O)c1nnc2n1CCNC2.O=Cc1ccc([C@H]2COc3cccnc3O2)cc1. The molecule has 0 amide bonds. The number of nitrogens with one attached hydrogen (secondary N) is 1. The number of rotatable bonds is 9. The molecule has 10 rings (SSSR count). The molecule has 0 aliphatic carbocycles. The van der Waals surface area contributed by atoms with Crippen LogP contribution < -0.4 is 24.3 Å². The Hall–Kier alpha value is -7.25. The van der Waals surface area contributed by atoms with Crippen molar-refractivity contribution in [1.82, 2.24) is 49.7 Å². The van der Waals surface area contributed by atoms with Gasteiger partial charge >= 0.3 is 11.9 Å². The monoisotopic (exact) mass is 890 g/mol. The Morgan fingerprint density at radius 2 is 1.25 bits per heavy atom. The van der Waals surface area contributed by atoms with E-state index in [2.05, 4.69) is 64.8 Å². The van der Waals surface area contributed by atoms with Crippen LogP contribution in [-0.4, -0.2) is 102 Å². The molecular weight excluding hydrogens is 837 g/mol. The van der Waals surface area contributed by atoms with Crippen LogP contribution in [0.3, 0.4) is 0 Å². The van der Waals surface area contributed by atoms with E-state index in [-0.39, 0.29) is 32.9 Å². The highest BCUT2D eigenvalue weighted by Crippen LogP contribution is 2.35. The number of benzene rings is 2. The molecule has 4 aromatic heterocycles. The lowest BCUT2D eigenvalue weighted by Gasteiger charge is -2.28. The molecule has 1 N–H and O–H groups in total. The van der Waals surface area contributed by atoms with Crippen molar-refractivity contribution < 1.29 is 42.8 Å². The summed E-state index contributed by atoms with van der Waals surface area (Å²) < 4.78 is 36.7. The number of hydrogen-bond donors (Lipinski definition) is 1. The molecule has 8 heterocycles. The van der Waals surface area contributed by atoms with Crippen LogP contribution in [0.2, 0.25) is 0 Å². The molecule has 19 nitrogen and oxygen atoms in total. The third-order valence-electron chi connectivity index (χ3n) is 10.3. The van der Waals surface area contributed by atoms with Gasteiger partial charge in [-0.15, -0.1) is 20.4 Å². The first-order valence-electron chi connectivity index (χ1n) is 20.6. The van der Waals surface area contributed by atoms with Crippen molar-refractivity contribution in [2.24, 2.45) is 0 Å². The van der Waals surface area contributed by atoms with Gasteiger partial charge in [0.2, 0.25) is 11.6 Å². The van der Waals surface area contributed by atoms with Crippen molar-refractivity contribution in [3.8, 4) is 23.3 Å². The number of aldehydes is 1. The van der Waals surface area contributed by atoms with Crippen LogP contribution >= 0.6 is 0 Å². The van der Waals surface area contributed by atoms with Crippen LogP contribution in [-0.2, 0) is 42.2 Å². The van der Waals surface area contributed by atoms with Crippen molar-refractivity contribution >= 4 is 18.2 Å². The van der Waals surface area contributed by atoms with Gasteiger partial charge in [0.1, 0.15) is 31.1 Å². The van der Waals surface area contributed by atoms with Crippen molar-refractivity contribution in [3.05, 3.63) is 131 Å². The molecule has 2 aromatic carbocycles. The van der Waals surface area contributed by atoms with Crippen LogP contribution in [0.4, 0.5) is 0 Å². The molecule has 0 saturated carbocycles. The van der Waals surface area contributed by atoms with Crippen LogP contribution in [0.25, 0.3) is 0 Å². The van der Waals surface area contributed by atoms with E-state index in [0.717, 1.165) is 55.2 Å². The summed E-state index contributed by atoms with van der Waals surface area (Å²) in [5, 5.41) is 19.1. The minimum absolute atomic E-state index is 0. The standard InChI is InChI=1S/C22H23N5O4.C14H11NO3.C8H12N4O2.2CH4/c1-2-29-22(28)20-25-24-19-13-26(10-11-27(19)20)12-15-5-7-16(8-6-15)18-14-30-17-4-3-9-23-21(17)31-18;16-8-10-3-5-11(6-4-10)13-9-17-12-2-1-7-15-14(12)18-13;1-2-14-8(13)7-11-10-6-5-9-3-4-12(6)7;;/h3-9,18H,2,10-14H2,1H3;1-8,13H,9H2;9H,2-5H2,1H3;2*1H4/t18-;13-;;;/m11.../s1.